The van der Waals surface area contributed by atoms with Crippen LogP contribution in [0, 0.1) is 5.92 Å². The summed E-state index contributed by atoms with van der Waals surface area (Å²) in [5.74, 6) is 2.84. The number of aromatic nitrogens is 3. The van der Waals surface area contributed by atoms with Crippen LogP contribution >= 0.6 is 11.6 Å². The summed E-state index contributed by atoms with van der Waals surface area (Å²) in [5, 5.41) is 0.717. The lowest BCUT2D eigenvalue weighted by Gasteiger charge is -2.35. The molecular formula is C22H24ClN5. The van der Waals surface area contributed by atoms with E-state index in [1.807, 2.05) is 42.7 Å². The molecule has 5 rings (SSSR count). The summed E-state index contributed by atoms with van der Waals surface area (Å²) in [6, 6.07) is 11.9. The first-order chi connectivity index (χ1) is 13.7. The van der Waals surface area contributed by atoms with Crippen LogP contribution in [-0.4, -0.2) is 52.6 Å². The van der Waals surface area contributed by atoms with E-state index in [1.54, 1.807) is 0 Å². The molecule has 1 N–H and O–H groups in total. The first-order valence-electron chi connectivity index (χ1n) is 10.00. The van der Waals surface area contributed by atoms with Crippen molar-refractivity contribution >= 4 is 17.4 Å². The number of nitrogens with zero attached hydrogens (tertiary/aromatic N) is 4. The lowest BCUT2D eigenvalue weighted by molar-refractivity contribution is 0.247. The number of imidazole rings is 1. The normalized spacial score (nSPS) is 17.8. The Morgan fingerprint density at radius 2 is 1.89 bits per heavy atom. The molecule has 2 fully saturated rings. The minimum absolute atomic E-state index is 0.717. The van der Waals surface area contributed by atoms with E-state index in [9.17, 15) is 0 Å². The van der Waals surface area contributed by atoms with Crippen LogP contribution in [0.5, 0.6) is 0 Å². The van der Waals surface area contributed by atoms with E-state index >= 15 is 0 Å². The van der Waals surface area contributed by atoms with Gasteiger partial charge in [0.2, 0.25) is 0 Å². The Morgan fingerprint density at radius 1 is 1.04 bits per heavy atom. The molecule has 2 aliphatic rings. The van der Waals surface area contributed by atoms with Crippen LogP contribution in [0.15, 0.2) is 48.8 Å². The lowest BCUT2D eigenvalue weighted by Crippen LogP contribution is -2.47. The van der Waals surface area contributed by atoms with Gasteiger partial charge in [-0.15, -0.1) is 0 Å². The maximum atomic E-state index is 6.11. The van der Waals surface area contributed by atoms with E-state index in [4.69, 9.17) is 16.6 Å². The minimum Gasteiger partial charge on any atom is -0.354 e. The van der Waals surface area contributed by atoms with Crippen molar-refractivity contribution in [1.29, 1.82) is 0 Å². The Morgan fingerprint density at radius 3 is 2.68 bits per heavy atom. The highest BCUT2D eigenvalue weighted by Crippen LogP contribution is 2.30. The third kappa shape index (κ3) is 3.91. The van der Waals surface area contributed by atoms with Crippen LogP contribution in [0.1, 0.15) is 12.8 Å². The van der Waals surface area contributed by atoms with Gasteiger partial charge in [0.25, 0.3) is 0 Å². The Bertz CT molecular complexity index is 957. The second-order valence-electron chi connectivity index (χ2n) is 7.78. The van der Waals surface area contributed by atoms with Crippen LogP contribution in [0.3, 0.4) is 0 Å². The van der Waals surface area contributed by atoms with Gasteiger partial charge in [0.15, 0.2) is 0 Å². The Kier molecular flexibility index (Phi) is 4.79. The highest BCUT2D eigenvalue weighted by molar-refractivity contribution is 6.30. The highest BCUT2D eigenvalue weighted by Gasteiger charge is 2.26. The van der Waals surface area contributed by atoms with Crippen LogP contribution in [-0.2, 0) is 0 Å². The SMILES string of the molecule is Clc1cccc(-c2c[nH]c(-c3ccnc(N4CCN(CC5CC5)CC4)c3)n2)c1. The fourth-order valence-electron chi connectivity index (χ4n) is 3.83. The van der Waals surface area contributed by atoms with Gasteiger partial charge in [0, 0.05) is 61.3 Å². The average molecular weight is 394 g/mol. The largest absolute Gasteiger partial charge is 0.354 e. The summed E-state index contributed by atoms with van der Waals surface area (Å²) in [6.07, 6.45) is 6.65. The maximum Gasteiger partial charge on any atom is 0.138 e. The highest BCUT2D eigenvalue weighted by atomic mass is 35.5. The third-order valence-electron chi connectivity index (χ3n) is 5.63. The van der Waals surface area contributed by atoms with E-state index < -0.39 is 0 Å². The fourth-order valence-corrected chi connectivity index (χ4v) is 4.02. The van der Waals surface area contributed by atoms with Crippen LogP contribution < -0.4 is 4.90 Å². The van der Waals surface area contributed by atoms with E-state index in [-0.39, 0.29) is 0 Å². The molecule has 6 heteroatoms. The Hall–Kier alpha value is -2.37. The van der Waals surface area contributed by atoms with E-state index in [0.717, 1.165) is 60.6 Å². The first-order valence-corrected chi connectivity index (χ1v) is 10.4. The predicted molar refractivity (Wildman–Crippen MR) is 114 cm³/mol. The zero-order valence-corrected chi connectivity index (χ0v) is 16.6. The number of piperazine rings is 1. The maximum absolute atomic E-state index is 6.11. The molecular weight excluding hydrogens is 370 g/mol. The van der Waals surface area contributed by atoms with Gasteiger partial charge in [-0.2, -0.15) is 0 Å². The molecule has 1 aliphatic carbocycles. The smallest absolute Gasteiger partial charge is 0.138 e. The zero-order chi connectivity index (χ0) is 18.9. The molecule has 1 saturated carbocycles. The molecule has 2 aromatic heterocycles. The molecule has 0 amide bonds. The van der Waals surface area contributed by atoms with Crippen molar-refractivity contribution in [3.8, 4) is 22.6 Å². The molecule has 3 aromatic rings. The van der Waals surface area contributed by atoms with Crippen molar-refractivity contribution in [2.75, 3.05) is 37.6 Å². The van der Waals surface area contributed by atoms with Gasteiger partial charge in [0.1, 0.15) is 11.6 Å². The standard InChI is InChI=1S/C22H24ClN5/c23-19-3-1-2-17(12-19)20-14-25-22(26-20)18-6-7-24-21(13-18)28-10-8-27(9-11-28)15-16-4-5-16/h1-3,6-7,12-14,16H,4-5,8-11,15H2,(H,25,26). The van der Waals surface area contributed by atoms with E-state index in [2.05, 4.69) is 25.8 Å². The molecule has 0 unspecified atom stereocenters. The molecule has 0 atom stereocenters. The molecule has 3 heterocycles. The monoisotopic (exact) mass is 393 g/mol. The fraction of sp³-hybridized carbons (Fsp3) is 0.364. The van der Waals surface area contributed by atoms with Crippen molar-refractivity contribution in [3.63, 3.8) is 0 Å². The molecule has 1 saturated heterocycles. The second-order valence-corrected chi connectivity index (χ2v) is 8.21. The van der Waals surface area contributed by atoms with Gasteiger partial charge in [-0.3, -0.25) is 4.90 Å². The number of anilines is 1. The van der Waals surface area contributed by atoms with Gasteiger partial charge < -0.3 is 9.88 Å². The van der Waals surface area contributed by atoms with Crippen molar-refractivity contribution in [2.24, 2.45) is 5.92 Å². The van der Waals surface area contributed by atoms with E-state index in [1.165, 1.54) is 19.4 Å². The molecule has 144 valence electrons. The molecule has 1 aromatic carbocycles. The first kappa shape index (κ1) is 17.7. The third-order valence-corrected chi connectivity index (χ3v) is 5.86. The summed E-state index contributed by atoms with van der Waals surface area (Å²) >= 11 is 6.11. The second kappa shape index (κ2) is 7.57. The van der Waals surface area contributed by atoms with Gasteiger partial charge >= 0.3 is 0 Å². The van der Waals surface area contributed by atoms with Crippen molar-refractivity contribution in [3.05, 3.63) is 53.8 Å². The van der Waals surface area contributed by atoms with Crippen LogP contribution in [0.2, 0.25) is 5.02 Å². The number of benzene rings is 1. The molecule has 5 nitrogen and oxygen atoms in total. The predicted octanol–water partition coefficient (Wildman–Crippen LogP) is 4.32. The summed E-state index contributed by atoms with van der Waals surface area (Å²) in [6.45, 7) is 5.61. The summed E-state index contributed by atoms with van der Waals surface area (Å²) in [4.78, 5) is 17.7. The Balaban J connectivity index is 1.31. The van der Waals surface area contributed by atoms with Gasteiger partial charge in [-0.25, -0.2) is 9.97 Å². The molecule has 1 aliphatic heterocycles. The Labute approximate surface area is 170 Å². The van der Waals surface area contributed by atoms with Crippen molar-refractivity contribution < 1.29 is 0 Å². The zero-order valence-electron chi connectivity index (χ0n) is 15.8. The van der Waals surface area contributed by atoms with E-state index in [0.29, 0.717) is 5.02 Å². The van der Waals surface area contributed by atoms with Gasteiger partial charge in [-0.05, 0) is 43.0 Å². The average Bonchev–Trinajstić information content (AvgIpc) is 3.40. The number of nitrogens with one attached hydrogen (secondary N) is 1. The molecule has 0 spiro atoms. The van der Waals surface area contributed by atoms with Gasteiger partial charge in [-0.1, -0.05) is 23.7 Å². The van der Waals surface area contributed by atoms with Crippen LogP contribution in [0.25, 0.3) is 22.6 Å². The number of hydrogen-bond acceptors (Lipinski definition) is 4. The summed E-state index contributed by atoms with van der Waals surface area (Å²) < 4.78 is 0. The van der Waals surface area contributed by atoms with Crippen molar-refractivity contribution in [2.45, 2.75) is 12.8 Å². The van der Waals surface area contributed by atoms with Gasteiger partial charge in [0.05, 0.1) is 5.69 Å². The number of halogens is 1. The number of H-pyrrole nitrogens is 1. The number of aromatic amines is 1. The number of rotatable bonds is 5. The van der Waals surface area contributed by atoms with Crippen LogP contribution in [0.4, 0.5) is 5.82 Å². The number of pyridine rings is 1. The summed E-state index contributed by atoms with van der Waals surface area (Å²) in [7, 11) is 0. The quantitative estimate of drug-likeness (QED) is 0.701. The minimum atomic E-state index is 0.717. The number of hydrogen-bond donors (Lipinski definition) is 1. The summed E-state index contributed by atoms with van der Waals surface area (Å²) in [5.41, 5.74) is 2.96. The lowest BCUT2D eigenvalue weighted by atomic mass is 10.2. The molecule has 28 heavy (non-hydrogen) atoms. The molecule has 0 radical (unpaired) electrons. The van der Waals surface area contributed by atoms with Crippen molar-refractivity contribution in [1.82, 2.24) is 19.9 Å². The molecule has 0 bridgehead atoms. The topological polar surface area (TPSA) is 48.1 Å².